The Morgan fingerprint density at radius 1 is 1.31 bits per heavy atom. The van der Waals surface area contributed by atoms with Crippen LogP contribution in [0, 0.1) is 0 Å². The second-order valence-corrected chi connectivity index (χ2v) is 4.66. The molecule has 8 heteroatoms. The van der Waals surface area contributed by atoms with E-state index in [1.807, 2.05) is 0 Å². The number of phenolic OH excluding ortho intramolecular Hbond substituents is 2. The van der Waals surface area contributed by atoms with Gasteiger partial charge in [-0.3, -0.25) is 4.79 Å². The lowest BCUT2D eigenvalue weighted by atomic mass is 10.3. The molecule has 5 N–H and O–H groups in total. The summed E-state index contributed by atoms with van der Waals surface area (Å²) >= 11 is 0. The molecule has 0 radical (unpaired) electrons. The van der Waals surface area contributed by atoms with Crippen molar-refractivity contribution in [2.75, 3.05) is 5.73 Å². The molecule has 0 spiro atoms. The van der Waals surface area contributed by atoms with E-state index in [9.17, 15) is 23.4 Å². The van der Waals surface area contributed by atoms with Crippen LogP contribution in [0.25, 0.3) is 0 Å². The monoisotopic (exact) mass is 246 g/mol. The molecule has 88 valence electrons. The Morgan fingerprint density at radius 3 is 2.38 bits per heavy atom. The Morgan fingerprint density at radius 2 is 1.88 bits per heavy atom. The molecule has 0 unspecified atom stereocenters. The van der Waals surface area contributed by atoms with Gasteiger partial charge in [0.1, 0.15) is 4.90 Å². The smallest absolute Gasteiger partial charge is 0.267 e. The molecule has 0 aromatic heterocycles. The summed E-state index contributed by atoms with van der Waals surface area (Å²) in [6.45, 7) is 1.01. The minimum Gasteiger partial charge on any atom is -0.503 e. The molecular formula is C8H10N2O5S. The van der Waals surface area contributed by atoms with Crippen molar-refractivity contribution in [1.82, 2.24) is 4.72 Å². The van der Waals surface area contributed by atoms with E-state index in [1.165, 1.54) is 0 Å². The van der Waals surface area contributed by atoms with E-state index in [4.69, 9.17) is 5.73 Å². The van der Waals surface area contributed by atoms with Crippen LogP contribution in [0.5, 0.6) is 11.5 Å². The summed E-state index contributed by atoms with van der Waals surface area (Å²) in [5.41, 5.74) is 5.07. The van der Waals surface area contributed by atoms with Gasteiger partial charge in [-0.1, -0.05) is 0 Å². The first-order chi connectivity index (χ1) is 7.25. The summed E-state index contributed by atoms with van der Waals surface area (Å²) in [5.74, 6) is -2.45. The molecule has 1 aromatic carbocycles. The number of carbonyl (C=O) groups excluding carboxylic acids is 1. The van der Waals surface area contributed by atoms with Crippen LogP contribution >= 0.6 is 0 Å². The highest BCUT2D eigenvalue weighted by molar-refractivity contribution is 7.90. The SMILES string of the molecule is CC(=O)NS(=O)(=O)c1ccc(N)c(O)c1O. The molecule has 0 aliphatic carbocycles. The van der Waals surface area contributed by atoms with Gasteiger partial charge >= 0.3 is 0 Å². The van der Waals surface area contributed by atoms with Gasteiger partial charge in [-0.25, -0.2) is 13.1 Å². The van der Waals surface area contributed by atoms with Crippen molar-refractivity contribution >= 4 is 21.6 Å². The van der Waals surface area contributed by atoms with Crippen molar-refractivity contribution in [3.8, 4) is 11.5 Å². The van der Waals surface area contributed by atoms with Crippen molar-refractivity contribution < 1.29 is 23.4 Å². The molecule has 1 aromatic rings. The quantitative estimate of drug-likeness (QED) is 0.411. The van der Waals surface area contributed by atoms with Gasteiger partial charge in [-0.05, 0) is 12.1 Å². The highest BCUT2D eigenvalue weighted by atomic mass is 32.2. The lowest BCUT2D eigenvalue weighted by Crippen LogP contribution is -2.28. The predicted molar refractivity (Wildman–Crippen MR) is 55.2 cm³/mol. The van der Waals surface area contributed by atoms with Gasteiger partial charge in [-0.2, -0.15) is 0 Å². The molecule has 0 saturated heterocycles. The van der Waals surface area contributed by atoms with Gasteiger partial charge in [0.25, 0.3) is 10.0 Å². The summed E-state index contributed by atoms with van der Waals surface area (Å²) in [6.07, 6.45) is 0. The second-order valence-electron chi connectivity index (χ2n) is 3.01. The fraction of sp³-hybridized carbons (Fsp3) is 0.125. The van der Waals surface area contributed by atoms with Crippen LogP contribution in [0.3, 0.4) is 0 Å². The molecule has 1 rings (SSSR count). The van der Waals surface area contributed by atoms with Crippen LogP contribution in [-0.2, 0) is 14.8 Å². The van der Waals surface area contributed by atoms with Crippen molar-refractivity contribution in [2.45, 2.75) is 11.8 Å². The number of amides is 1. The minimum absolute atomic E-state index is 0.167. The van der Waals surface area contributed by atoms with E-state index < -0.39 is 32.3 Å². The number of phenols is 2. The zero-order valence-corrected chi connectivity index (χ0v) is 9.08. The average molecular weight is 246 g/mol. The number of benzene rings is 1. The van der Waals surface area contributed by atoms with E-state index in [0.717, 1.165) is 19.1 Å². The molecule has 0 fully saturated rings. The number of anilines is 1. The van der Waals surface area contributed by atoms with Crippen molar-refractivity contribution in [3.63, 3.8) is 0 Å². The van der Waals surface area contributed by atoms with E-state index in [0.29, 0.717) is 0 Å². The molecule has 0 atom stereocenters. The molecule has 7 nitrogen and oxygen atoms in total. The number of hydrogen-bond donors (Lipinski definition) is 4. The number of nitrogens with two attached hydrogens (primary N) is 1. The average Bonchev–Trinajstić information content (AvgIpc) is 2.11. The van der Waals surface area contributed by atoms with Gasteiger partial charge in [0.15, 0.2) is 11.5 Å². The third-order valence-corrected chi connectivity index (χ3v) is 3.18. The molecule has 16 heavy (non-hydrogen) atoms. The van der Waals surface area contributed by atoms with E-state index in [-0.39, 0.29) is 5.69 Å². The Kier molecular flexibility index (Phi) is 2.95. The second kappa shape index (κ2) is 3.89. The number of sulfonamides is 1. The standard InChI is InChI=1S/C8H10N2O5S/c1-4(11)10-16(14,15)6-3-2-5(9)7(12)8(6)13/h2-3,12-13H,9H2,1H3,(H,10,11). The van der Waals surface area contributed by atoms with Crippen molar-refractivity contribution in [3.05, 3.63) is 12.1 Å². The third-order valence-electron chi connectivity index (χ3n) is 1.71. The molecule has 0 heterocycles. The van der Waals surface area contributed by atoms with Crippen LogP contribution in [0.15, 0.2) is 17.0 Å². The normalized spacial score (nSPS) is 11.1. The highest BCUT2D eigenvalue weighted by Crippen LogP contribution is 2.36. The van der Waals surface area contributed by atoms with Crippen LogP contribution in [0.1, 0.15) is 6.92 Å². The van der Waals surface area contributed by atoms with Gasteiger partial charge in [-0.15, -0.1) is 0 Å². The van der Waals surface area contributed by atoms with Gasteiger partial charge in [0, 0.05) is 6.92 Å². The van der Waals surface area contributed by atoms with E-state index in [1.54, 1.807) is 4.72 Å². The Bertz CT molecular complexity index is 538. The summed E-state index contributed by atoms with van der Waals surface area (Å²) < 4.78 is 24.6. The summed E-state index contributed by atoms with van der Waals surface area (Å²) in [6, 6.07) is 2.08. The lowest BCUT2D eigenvalue weighted by Gasteiger charge is -2.08. The van der Waals surface area contributed by atoms with Gasteiger partial charge in [0.05, 0.1) is 5.69 Å². The maximum atomic E-state index is 11.5. The minimum atomic E-state index is -4.19. The fourth-order valence-corrected chi connectivity index (χ4v) is 2.12. The summed E-state index contributed by atoms with van der Waals surface area (Å²) in [4.78, 5) is 10.0. The summed E-state index contributed by atoms with van der Waals surface area (Å²) in [7, 11) is -4.19. The number of hydrogen-bond acceptors (Lipinski definition) is 6. The topological polar surface area (TPSA) is 130 Å². The Labute approximate surface area is 91.6 Å². The molecule has 0 aliphatic heterocycles. The number of aromatic hydroxyl groups is 2. The van der Waals surface area contributed by atoms with Gasteiger partial charge < -0.3 is 15.9 Å². The largest absolute Gasteiger partial charge is 0.503 e. The zero-order valence-electron chi connectivity index (χ0n) is 8.26. The van der Waals surface area contributed by atoms with Crippen LogP contribution < -0.4 is 10.5 Å². The van der Waals surface area contributed by atoms with E-state index >= 15 is 0 Å². The number of nitrogens with one attached hydrogen (secondary N) is 1. The van der Waals surface area contributed by atoms with Crippen LogP contribution in [0.4, 0.5) is 5.69 Å². The lowest BCUT2D eigenvalue weighted by molar-refractivity contribution is -0.117. The first-order valence-electron chi connectivity index (χ1n) is 4.09. The van der Waals surface area contributed by atoms with Gasteiger partial charge in [0.2, 0.25) is 5.91 Å². The summed E-state index contributed by atoms with van der Waals surface area (Å²) in [5, 5.41) is 18.6. The van der Waals surface area contributed by atoms with Crippen molar-refractivity contribution in [2.24, 2.45) is 0 Å². The zero-order chi connectivity index (χ0) is 12.5. The van der Waals surface area contributed by atoms with E-state index in [2.05, 4.69) is 0 Å². The maximum absolute atomic E-state index is 11.5. The highest BCUT2D eigenvalue weighted by Gasteiger charge is 2.22. The van der Waals surface area contributed by atoms with Crippen LogP contribution in [0.2, 0.25) is 0 Å². The number of carbonyl (C=O) groups is 1. The first-order valence-corrected chi connectivity index (χ1v) is 5.58. The fourth-order valence-electron chi connectivity index (χ4n) is 1.04. The Hall–Kier alpha value is -1.96. The first kappa shape index (κ1) is 12.1. The molecular weight excluding hydrogens is 236 g/mol. The Balaban J connectivity index is 3.35. The molecule has 0 aliphatic rings. The number of rotatable bonds is 2. The molecule has 0 bridgehead atoms. The predicted octanol–water partition coefficient (Wildman–Crippen LogP) is -0.495. The molecule has 1 amide bonds. The third kappa shape index (κ3) is 2.16. The maximum Gasteiger partial charge on any atom is 0.267 e. The van der Waals surface area contributed by atoms with Crippen molar-refractivity contribution in [1.29, 1.82) is 0 Å². The van der Waals surface area contributed by atoms with Crippen LogP contribution in [-0.4, -0.2) is 24.5 Å². The number of nitrogen functional groups attached to an aromatic ring is 1. The molecule has 0 saturated carbocycles.